The monoisotopic (exact) mass is 444 g/mol. The molecule has 1 fully saturated rings. The molecule has 0 spiro atoms. The fraction of sp³-hybridized carbons (Fsp3) is 0.389. The van der Waals surface area contributed by atoms with Crippen molar-refractivity contribution >= 4 is 44.8 Å². The minimum atomic E-state index is -3.55. The molecule has 0 aliphatic carbocycles. The van der Waals surface area contributed by atoms with Crippen molar-refractivity contribution in [3.63, 3.8) is 0 Å². The smallest absolute Gasteiger partial charge is 0.272 e. The van der Waals surface area contributed by atoms with Crippen molar-refractivity contribution in [2.45, 2.75) is 11.8 Å². The Bertz CT molecular complexity index is 965. The number of hydrogen-bond donors (Lipinski definition) is 1. The highest BCUT2D eigenvalue weighted by atomic mass is 35.5. The summed E-state index contributed by atoms with van der Waals surface area (Å²) in [6.07, 6.45) is 0. The average Bonchev–Trinajstić information content (AvgIpc) is 2.96. The summed E-state index contributed by atoms with van der Waals surface area (Å²) in [5, 5.41) is 3.28. The maximum atomic E-state index is 12.8. The fourth-order valence-electron chi connectivity index (χ4n) is 3.10. The number of nitrogens with zero attached hydrogens (tertiary/aromatic N) is 3. The van der Waals surface area contributed by atoms with Crippen LogP contribution in [0.4, 0.5) is 5.69 Å². The summed E-state index contributed by atoms with van der Waals surface area (Å²) >= 11 is 11.9. The van der Waals surface area contributed by atoms with Gasteiger partial charge >= 0.3 is 0 Å². The summed E-state index contributed by atoms with van der Waals surface area (Å²) in [4.78, 5) is 14.8. The second-order valence-corrected chi connectivity index (χ2v) is 9.25. The van der Waals surface area contributed by atoms with E-state index in [-0.39, 0.29) is 16.0 Å². The predicted molar refractivity (Wildman–Crippen MR) is 111 cm³/mol. The standard InChI is InChI=1S/C18H22Cl2N4O3S/c1-3-23-8-10-24(11-9-23)28(26,27)14-6-4-13(5-7-14)21-18(25)16-12-15(19)17(20)22(16)2/h4-7,12H,3,8-11H2,1-2H3,(H,21,25). The molecule has 10 heteroatoms. The van der Waals surface area contributed by atoms with E-state index in [1.165, 1.54) is 27.1 Å². The van der Waals surface area contributed by atoms with Gasteiger partial charge in [0.2, 0.25) is 10.0 Å². The average molecular weight is 445 g/mol. The Balaban J connectivity index is 1.71. The number of halogens is 2. The van der Waals surface area contributed by atoms with Crippen LogP contribution in [0.15, 0.2) is 35.2 Å². The summed E-state index contributed by atoms with van der Waals surface area (Å²) in [6, 6.07) is 7.62. The van der Waals surface area contributed by atoms with Gasteiger partial charge in [-0.25, -0.2) is 8.42 Å². The fourth-order valence-corrected chi connectivity index (χ4v) is 4.90. The van der Waals surface area contributed by atoms with Crippen LogP contribution < -0.4 is 5.32 Å². The minimum Gasteiger partial charge on any atom is -0.329 e. The molecule has 2 aromatic rings. The van der Waals surface area contributed by atoms with Crippen LogP contribution in [0.1, 0.15) is 17.4 Å². The molecule has 1 amide bonds. The number of likely N-dealkylation sites (N-methyl/N-ethyl adjacent to an activating group) is 1. The minimum absolute atomic E-state index is 0.209. The topological polar surface area (TPSA) is 74.7 Å². The van der Waals surface area contributed by atoms with Gasteiger partial charge in [-0.1, -0.05) is 30.1 Å². The number of benzene rings is 1. The quantitative estimate of drug-likeness (QED) is 0.768. The van der Waals surface area contributed by atoms with Gasteiger partial charge in [-0.15, -0.1) is 0 Å². The maximum absolute atomic E-state index is 12.8. The van der Waals surface area contributed by atoms with Crippen molar-refractivity contribution in [2.24, 2.45) is 7.05 Å². The number of carbonyl (C=O) groups excluding carboxylic acids is 1. The van der Waals surface area contributed by atoms with Gasteiger partial charge in [0.25, 0.3) is 5.91 Å². The van der Waals surface area contributed by atoms with E-state index in [0.29, 0.717) is 29.5 Å². The summed E-state index contributed by atoms with van der Waals surface area (Å²) in [5.74, 6) is -0.386. The van der Waals surface area contributed by atoms with Gasteiger partial charge in [-0.2, -0.15) is 4.31 Å². The van der Waals surface area contributed by atoms with E-state index in [0.717, 1.165) is 19.6 Å². The molecular formula is C18H22Cl2N4O3S. The van der Waals surface area contributed by atoms with Crippen LogP contribution in [0.25, 0.3) is 0 Å². The molecule has 1 N–H and O–H groups in total. The van der Waals surface area contributed by atoms with Crippen LogP contribution in [-0.4, -0.2) is 60.8 Å². The first-order valence-electron chi connectivity index (χ1n) is 8.88. The van der Waals surface area contributed by atoms with Crippen LogP contribution in [0.2, 0.25) is 10.2 Å². The van der Waals surface area contributed by atoms with E-state index in [1.807, 2.05) is 0 Å². The molecule has 7 nitrogen and oxygen atoms in total. The summed E-state index contributed by atoms with van der Waals surface area (Å²) in [7, 11) is -1.91. The highest BCUT2D eigenvalue weighted by Crippen LogP contribution is 2.26. The molecule has 28 heavy (non-hydrogen) atoms. The summed E-state index contributed by atoms with van der Waals surface area (Å²) in [5.41, 5.74) is 0.786. The Labute approximate surface area is 174 Å². The van der Waals surface area contributed by atoms with Crippen molar-refractivity contribution in [2.75, 3.05) is 38.0 Å². The van der Waals surface area contributed by atoms with Gasteiger partial charge in [-0.05, 0) is 36.9 Å². The zero-order chi connectivity index (χ0) is 20.5. The van der Waals surface area contributed by atoms with Crippen LogP contribution in [0, 0.1) is 0 Å². The zero-order valence-corrected chi connectivity index (χ0v) is 18.0. The number of aromatic nitrogens is 1. The molecule has 0 bridgehead atoms. The number of nitrogens with one attached hydrogen (secondary N) is 1. The van der Waals surface area contributed by atoms with Gasteiger partial charge < -0.3 is 14.8 Å². The first-order chi connectivity index (χ1) is 13.2. The van der Waals surface area contributed by atoms with Crippen LogP contribution >= 0.6 is 23.2 Å². The normalized spacial score (nSPS) is 16.3. The second-order valence-electron chi connectivity index (χ2n) is 6.54. The van der Waals surface area contributed by atoms with Crippen LogP contribution in [0.5, 0.6) is 0 Å². The first kappa shape index (κ1) is 21.1. The van der Waals surface area contributed by atoms with Gasteiger partial charge in [0.05, 0.1) is 9.92 Å². The Hall–Kier alpha value is -1.58. The molecule has 0 radical (unpaired) electrons. The molecule has 3 rings (SSSR count). The lowest BCUT2D eigenvalue weighted by molar-refractivity contribution is 0.101. The van der Waals surface area contributed by atoms with E-state index < -0.39 is 10.0 Å². The van der Waals surface area contributed by atoms with E-state index >= 15 is 0 Å². The Kier molecular flexibility index (Phi) is 6.36. The predicted octanol–water partition coefficient (Wildman–Crippen LogP) is 2.91. The SMILES string of the molecule is CCN1CCN(S(=O)(=O)c2ccc(NC(=O)c3cc(Cl)c(Cl)n3C)cc2)CC1. The van der Waals surface area contributed by atoms with Gasteiger partial charge in [-0.3, -0.25) is 4.79 Å². The third kappa shape index (κ3) is 4.21. The number of carbonyl (C=O) groups is 1. The number of hydrogen-bond acceptors (Lipinski definition) is 4. The lowest BCUT2D eigenvalue weighted by Crippen LogP contribution is -2.48. The molecule has 152 valence electrons. The largest absolute Gasteiger partial charge is 0.329 e. The van der Waals surface area contributed by atoms with E-state index in [9.17, 15) is 13.2 Å². The molecular weight excluding hydrogens is 423 g/mol. The molecule has 1 aromatic carbocycles. The Morgan fingerprint density at radius 2 is 1.71 bits per heavy atom. The van der Waals surface area contributed by atoms with E-state index in [1.54, 1.807) is 19.2 Å². The third-order valence-corrected chi connectivity index (χ3v) is 7.63. The molecule has 0 saturated carbocycles. The number of rotatable bonds is 5. The number of piperazine rings is 1. The van der Waals surface area contributed by atoms with Crippen molar-refractivity contribution in [3.8, 4) is 0 Å². The Morgan fingerprint density at radius 3 is 2.21 bits per heavy atom. The molecule has 2 heterocycles. The van der Waals surface area contributed by atoms with Gasteiger partial charge in [0.1, 0.15) is 10.8 Å². The van der Waals surface area contributed by atoms with Crippen molar-refractivity contribution in [3.05, 3.63) is 46.2 Å². The van der Waals surface area contributed by atoms with E-state index in [2.05, 4.69) is 17.1 Å². The molecule has 0 unspecified atom stereocenters. The molecule has 0 atom stereocenters. The van der Waals surface area contributed by atoms with Crippen LogP contribution in [-0.2, 0) is 17.1 Å². The summed E-state index contributed by atoms with van der Waals surface area (Å²) in [6.45, 7) is 5.39. The van der Waals surface area contributed by atoms with E-state index in [4.69, 9.17) is 23.2 Å². The lowest BCUT2D eigenvalue weighted by Gasteiger charge is -2.33. The second kappa shape index (κ2) is 8.42. The molecule has 1 aliphatic rings. The molecule has 1 aliphatic heterocycles. The van der Waals surface area contributed by atoms with Gasteiger partial charge in [0, 0.05) is 38.9 Å². The van der Waals surface area contributed by atoms with Gasteiger partial charge in [0.15, 0.2) is 0 Å². The maximum Gasteiger partial charge on any atom is 0.272 e. The number of sulfonamides is 1. The number of amides is 1. The molecule has 1 saturated heterocycles. The third-order valence-electron chi connectivity index (χ3n) is 4.88. The van der Waals surface area contributed by atoms with Crippen molar-refractivity contribution in [1.82, 2.24) is 13.8 Å². The number of anilines is 1. The lowest BCUT2D eigenvalue weighted by atomic mass is 10.3. The highest BCUT2D eigenvalue weighted by Gasteiger charge is 2.28. The Morgan fingerprint density at radius 1 is 1.11 bits per heavy atom. The first-order valence-corrected chi connectivity index (χ1v) is 11.1. The van der Waals surface area contributed by atoms with Crippen molar-refractivity contribution < 1.29 is 13.2 Å². The zero-order valence-electron chi connectivity index (χ0n) is 15.7. The van der Waals surface area contributed by atoms with Crippen LogP contribution in [0.3, 0.4) is 0 Å². The molecule has 1 aromatic heterocycles. The summed E-state index contributed by atoms with van der Waals surface area (Å²) < 4.78 is 28.6. The van der Waals surface area contributed by atoms with Crippen molar-refractivity contribution in [1.29, 1.82) is 0 Å². The highest BCUT2D eigenvalue weighted by molar-refractivity contribution is 7.89.